The molecule has 1 N–H and O–H groups in total. The van der Waals surface area contributed by atoms with Crippen LogP contribution in [0.1, 0.15) is 48.2 Å². The standard InChI is InChI=1S/C20H25N3O2/c1-14(2)18-9-5-7-15(3)19(18)23(16(4)24)12-11-22-20(25)17-8-6-10-21-13-17/h5-10,13-14H,11-12H2,1-4H3,(H,22,25). The van der Waals surface area contributed by atoms with Crippen molar-refractivity contribution in [2.75, 3.05) is 18.0 Å². The van der Waals surface area contributed by atoms with Crippen molar-refractivity contribution in [2.45, 2.75) is 33.6 Å². The molecule has 0 atom stereocenters. The highest BCUT2D eigenvalue weighted by molar-refractivity contribution is 5.95. The predicted octanol–water partition coefficient (Wildman–Crippen LogP) is 3.30. The molecule has 0 radical (unpaired) electrons. The fourth-order valence-electron chi connectivity index (χ4n) is 2.82. The normalized spacial score (nSPS) is 10.6. The van der Waals surface area contributed by atoms with Crippen LogP contribution in [-0.4, -0.2) is 29.9 Å². The van der Waals surface area contributed by atoms with E-state index in [9.17, 15) is 9.59 Å². The molecule has 0 aliphatic carbocycles. The number of anilines is 1. The van der Waals surface area contributed by atoms with Gasteiger partial charge in [-0.1, -0.05) is 32.0 Å². The molecule has 0 aliphatic rings. The molecule has 5 heteroatoms. The maximum Gasteiger partial charge on any atom is 0.252 e. The molecule has 25 heavy (non-hydrogen) atoms. The summed E-state index contributed by atoms with van der Waals surface area (Å²) in [5, 5.41) is 2.85. The van der Waals surface area contributed by atoms with E-state index in [0.717, 1.165) is 16.8 Å². The Kier molecular flexibility index (Phi) is 6.28. The van der Waals surface area contributed by atoms with E-state index >= 15 is 0 Å². The Hall–Kier alpha value is -2.69. The summed E-state index contributed by atoms with van der Waals surface area (Å²) in [6.45, 7) is 8.58. The highest BCUT2D eigenvalue weighted by atomic mass is 16.2. The van der Waals surface area contributed by atoms with Gasteiger partial charge >= 0.3 is 0 Å². The molecule has 1 aromatic heterocycles. The monoisotopic (exact) mass is 339 g/mol. The lowest BCUT2D eigenvalue weighted by Gasteiger charge is -2.27. The van der Waals surface area contributed by atoms with Crippen molar-refractivity contribution in [3.63, 3.8) is 0 Å². The van der Waals surface area contributed by atoms with Gasteiger partial charge in [0.05, 0.1) is 11.3 Å². The summed E-state index contributed by atoms with van der Waals surface area (Å²) in [5.74, 6) is 0.0824. The van der Waals surface area contributed by atoms with Crippen molar-refractivity contribution in [3.8, 4) is 0 Å². The summed E-state index contributed by atoms with van der Waals surface area (Å²) in [6.07, 6.45) is 3.15. The highest BCUT2D eigenvalue weighted by Gasteiger charge is 2.19. The zero-order valence-electron chi connectivity index (χ0n) is 15.2. The number of rotatable bonds is 6. The number of nitrogens with one attached hydrogen (secondary N) is 1. The summed E-state index contributed by atoms with van der Waals surface area (Å²) in [5.41, 5.74) is 3.64. The fourth-order valence-corrected chi connectivity index (χ4v) is 2.82. The molecular weight excluding hydrogens is 314 g/mol. The molecule has 0 fully saturated rings. The van der Waals surface area contributed by atoms with Gasteiger partial charge in [-0.05, 0) is 36.1 Å². The van der Waals surface area contributed by atoms with E-state index in [2.05, 4.69) is 30.2 Å². The van der Waals surface area contributed by atoms with E-state index in [1.54, 1.807) is 30.2 Å². The fraction of sp³-hybridized carbons (Fsp3) is 0.350. The number of benzene rings is 1. The first-order chi connectivity index (χ1) is 11.9. The number of amides is 2. The number of hydrogen-bond acceptors (Lipinski definition) is 3. The summed E-state index contributed by atoms with van der Waals surface area (Å²) in [6, 6.07) is 9.50. The summed E-state index contributed by atoms with van der Waals surface area (Å²) < 4.78 is 0. The average molecular weight is 339 g/mol. The van der Waals surface area contributed by atoms with Crippen LogP contribution < -0.4 is 10.2 Å². The number of carbonyl (C=O) groups excluding carboxylic acids is 2. The van der Waals surface area contributed by atoms with Crippen LogP contribution in [-0.2, 0) is 4.79 Å². The third-order valence-corrected chi connectivity index (χ3v) is 4.09. The second-order valence-corrected chi connectivity index (χ2v) is 6.34. The third-order valence-electron chi connectivity index (χ3n) is 4.09. The van der Waals surface area contributed by atoms with Crippen LogP contribution in [0, 0.1) is 6.92 Å². The van der Waals surface area contributed by atoms with Crippen molar-refractivity contribution >= 4 is 17.5 Å². The van der Waals surface area contributed by atoms with Crippen molar-refractivity contribution in [3.05, 3.63) is 59.4 Å². The SMILES string of the molecule is CC(=O)N(CCNC(=O)c1cccnc1)c1c(C)cccc1C(C)C. The van der Waals surface area contributed by atoms with E-state index < -0.39 is 0 Å². The molecule has 0 aliphatic heterocycles. The van der Waals surface area contributed by atoms with Crippen molar-refractivity contribution in [1.82, 2.24) is 10.3 Å². The van der Waals surface area contributed by atoms with Gasteiger partial charge in [0.25, 0.3) is 5.91 Å². The summed E-state index contributed by atoms with van der Waals surface area (Å²) in [4.78, 5) is 30.0. The molecule has 2 rings (SSSR count). The Balaban J connectivity index is 2.13. The van der Waals surface area contributed by atoms with Crippen LogP contribution in [0.2, 0.25) is 0 Å². The molecule has 132 valence electrons. The molecule has 0 saturated carbocycles. The number of aromatic nitrogens is 1. The first kappa shape index (κ1) is 18.6. The molecule has 2 aromatic rings. The lowest BCUT2D eigenvalue weighted by atomic mass is 9.97. The smallest absolute Gasteiger partial charge is 0.252 e. The highest BCUT2D eigenvalue weighted by Crippen LogP contribution is 2.30. The van der Waals surface area contributed by atoms with Crippen molar-refractivity contribution in [1.29, 1.82) is 0 Å². The molecular formula is C20H25N3O2. The van der Waals surface area contributed by atoms with Crippen LogP contribution in [0.15, 0.2) is 42.7 Å². The van der Waals surface area contributed by atoms with Crippen LogP contribution in [0.3, 0.4) is 0 Å². The average Bonchev–Trinajstić information content (AvgIpc) is 2.59. The Morgan fingerprint density at radius 1 is 1.20 bits per heavy atom. The van der Waals surface area contributed by atoms with E-state index in [-0.39, 0.29) is 11.8 Å². The van der Waals surface area contributed by atoms with E-state index in [1.165, 1.54) is 6.20 Å². The van der Waals surface area contributed by atoms with E-state index in [4.69, 9.17) is 0 Å². The largest absolute Gasteiger partial charge is 0.350 e. The Labute approximate surface area is 149 Å². The Morgan fingerprint density at radius 2 is 1.96 bits per heavy atom. The van der Waals surface area contributed by atoms with Gasteiger partial charge in [-0.15, -0.1) is 0 Å². The number of pyridine rings is 1. The van der Waals surface area contributed by atoms with Crippen LogP contribution >= 0.6 is 0 Å². The van der Waals surface area contributed by atoms with Gasteiger partial charge in [-0.3, -0.25) is 14.6 Å². The first-order valence-electron chi connectivity index (χ1n) is 8.47. The van der Waals surface area contributed by atoms with Crippen molar-refractivity contribution in [2.24, 2.45) is 0 Å². The molecule has 0 bridgehead atoms. The van der Waals surface area contributed by atoms with Gasteiger partial charge in [0.2, 0.25) is 5.91 Å². The Morgan fingerprint density at radius 3 is 2.56 bits per heavy atom. The molecule has 1 aromatic carbocycles. The zero-order valence-corrected chi connectivity index (χ0v) is 15.2. The molecule has 2 amide bonds. The quantitative estimate of drug-likeness (QED) is 0.878. The molecule has 0 unspecified atom stereocenters. The number of hydrogen-bond donors (Lipinski definition) is 1. The Bertz CT molecular complexity index is 742. The van der Waals surface area contributed by atoms with Gasteiger partial charge < -0.3 is 10.2 Å². The minimum atomic E-state index is -0.189. The topological polar surface area (TPSA) is 62.3 Å². The van der Waals surface area contributed by atoms with Gasteiger partial charge in [-0.25, -0.2) is 0 Å². The minimum absolute atomic E-state index is 0.0353. The van der Waals surface area contributed by atoms with Gasteiger partial charge in [0.1, 0.15) is 0 Å². The van der Waals surface area contributed by atoms with Crippen LogP contribution in [0.4, 0.5) is 5.69 Å². The second-order valence-electron chi connectivity index (χ2n) is 6.34. The molecule has 5 nitrogen and oxygen atoms in total. The first-order valence-corrected chi connectivity index (χ1v) is 8.47. The van der Waals surface area contributed by atoms with Gasteiger partial charge in [0.15, 0.2) is 0 Å². The zero-order chi connectivity index (χ0) is 18.4. The number of aryl methyl sites for hydroxylation is 1. The van der Waals surface area contributed by atoms with Crippen molar-refractivity contribution < 1.29 is 9.59 Å². The summed E-state index contributed by atoms with van der Waals surface area (Å²) in [7, 11) is 0. The number of para-hydroxylation sites is 1. The minimum Gasteiger partial charge on any atom is -0.350 e. The molecule has 0 spiro atoms. The van der Waals surface area contributed by atoms with Gasteiger partial charge in [-0.2, -0.15) is 0 Å². The summed E-state index contributed by atoms with van der Waals surface area (Å²) >= 11 is 0. The van der Waals surface area contributed by atoms with E-state index in [1.807, 2.05) is 19.1 Å². The maximum absolute atomic E-state index is 12.2. The van der Waals surface area contributed by atoms with Gasteiger partial charge in [0, 0.05) is 32.4 Å². The maximum atomic E-state index is 12.2. The lowest BCUT2D eigenvalue weighted by Crippen LogP contribution is -2.38. The number of carbonyl (C=O) groups is 2. The predicted molar refractivity (Wildman–Crippen MR) is 99.9 cm³/mol. The lowest BCUT2D eigenvalue weighted by molar-refractivity contribution is -0.116. The third kappa shape index (κ3) is 4.66. The second kappa shape index (κ2) is 8.42. The number of nitrogens with zero attached hydrogens (tertiary/aromatic N) is 2. The molecule has 0 saturated heterocycles. The van der Waals surface area contributed by atoms with Crippen LogP contribution in [0.5, 0.6) is 0 Å². The van der Waals surface area contributed by atoms with E-state index in [0.29, 0.717) is 24.6 Å². The van der Waals surface area contributed by atoms with Crippen LogP contribution in [0.25, 0.3) is 0 Å². The molecule has 1 heterocycles.